The van der Waals surface area contributed by atoms with Gasteiger partial charge in [-0.3, -0.25) is 4.68 Å². The fourth-order valence-electron chi connectivity index (χ4n) is 0.761. The zero-order valence-corrected chi connectivity index (χ0v) is 6.17. The summed E-state index contributed by atoms with van der Waals surface area (Å²) >= 11 is 0. The largest absolute Gasteiger partial charge is 0.250 e. The van der Waals surface area contributed by atoms with Gasteiger partial charge in [0.05, 0.1) is 0 Å². The fraction of sp³-hybridized carbons (Fsp3) is 0.667. The van der Waals surface area contributed by atoms with Gasteiger partial charge in [-0.15, -0.1) is 0 Å². The van der Waals surface area contributed by atoms with E-state index in [1.165, 1.54) is 11.0 Å². The summed E-state index contributed by atoms with van der Waals surface area (Å²) in [5.41, 5.74) is 0. The molecule has 0 aromatic carbocycles. The minimum absolute atomic E-state index is 0.163. The topological polar surface area (TPSA) is 30.7 Å². The smallest absolute Gasteiger partial charge is 0.240 e. The number of halogens is 2. The van der Waals surface area contributed by atoms with Crippen LogP contribution in [-0.4, -0.2) is 21.2 Å². The van der Waals surface area contributed by atoms with Crippen molar-refractivity contribution in [2.24, 2.45) is 0 Å². The fourth-order valence-corrected chi connectivity index (χ4v) is 0.761. The first-order valence-corrected chi connectivity index (χ1v) is 3.32. The SMILES string of the molecule is Cc1ncnn1CCC(F)F. The molecule has 0 radical (unpaired) electrons. The summed E-state index contributed by atoms with van der Waals surface area (Å²) in [7, 11) is 0. The molecule has 3 nitrogen and oxygen atoms in total. The van der Waals surface area contributed by atoms with Gasteiger partial charge in [-0.05, 0) is 6.92 Å². The molecule has 1 aromatic heterocycles. The molecule has 1 heterocycles. The Labute approximate surface area is 63.0 Å². The van der Waals surface area contributed by atoms with Crippen LogP contribution in [0.3, 0.4) is 0 Å². The predicted octanol–water partition coefficient (Wildman–Crippen LogP) is 1.24. The lowest BCUT2D eigenvalue weighted by Crippen LogP contribution is -2.06. The van der Waals surface area contributed by atoms with Crippen molar-refractivity contribution < 1.29 is 8.78 Å². The summed E-state index contributed by atoms with van der Waals surface area (Å²) in [6, 6.07) is 0. The van der Waals surface area contributed by atoms with Crippen LogP contribution in [0.2, 0.25) is 0 Å². The first kappa shape index (κ1) is 8.10. The summed E-state index contributed by atoms with van der Waals surface area (Å²) in [4.78, 5) is 3.80. The van der Waals surface area contributed by atoms with Crippen LogP contribution >= 0.6 is 0 Å². The molecule has 5 heteroatoms. The second kappa shape index (κ2) is 3.41. The number of aryl methyl sites for hydroxylation is 2. The Morgan fingerprint density at radius 3 is 2.82 bits per heavy atom. The first-order valence-electron chi connectivity index (χ1n) is 3.32. The molecule has 0 saturated carbocycles. The van der Waals surface area contributed by atoms with E-state index in [1.807, 2.05) is 0 Å². The van der Waals surface area contributed by atoms with Crippen LogP contribution in [0.1, 0.15) is 12.2 Å². The van der Waals surface area contributed by atoms with Gasteiger partial charge >= 0.3 is 0 Å². The maximum Gasteiger partial charge on any atom is 0.240 e. The van der Waals surface area contributed by atoms with Crippen molar-refractivity contribution in [3.8, 4) is 0 Å². The lowest BCUT2D eigenvalue weighted by Gasteiger charge is -2.00. The predicted molar refractivity (Wildman–Crippen MR) is 35.4 cm³/mol. The number of rotatable bonds is 3. The Balaban J connectivity index is 2.44. The van der Waals surface area contributed by atoms with Crippen LogP contribution in [0.4, 0.5) is 8.78 Å². The van der Waals surface area contributed by atoms with Crippen molar-refractivity contribution in [3.63, 3.8) is 0 Å². The van der Waals surface area contributed by atoms with Crippen molar-refractivity contribution in [1.29, 1.82) is 0 Å². The lowest BCUT2D eigenvalue weighted by atomic mass is 10.4. The van der Waals surface area contributed by atoms with Gasteiger partial charge in [0.1, 0.15) is 12.2 Å². The van der Waals surface area contributed by atoms with Crippen molar-refractivity contribution in [3.05, 3.63) is 12.2 Å². The molecular weight excluding hydrogens is 152 g/mol. The quantitative estimate of drug-likeness (QED) is 0.667. The number of hydrogen-bond acceptors (Lipinski definition) is 2. The molecule has 62 valence electrons. The molecular formula is C6H9F2N3. The molecule has 1 aromatic rings. The summed E-state index contributed by atoms with van der Waals surface area (Å²) in [6.45, 7) is 1.97. The van der Waals surface area contributed by atoms with Gasteiger partial charge in [0, 0.05) is 13.0 Å². The van der Waals surface area contributed by atoms with E-state index in [1.54, 1.807) is 6.92 Å². The molecule has 0 aliphatic carbocycles. The van der Waals surface area contributed by atoms with Crippen molar-refractivity contribution in [1.82, 2.24) is 14.8 Å². The molecule has 0 fully saturated rings. The highest BCUT2D eigenvalue weighted by molar-refractivity contribution is 4.77. The van der Waals surface area contributed by atoms with Crippen molar-refractivity contribution in [2.75, 3.05) is 0 Å². The Kier molecular flexibility index (Phi) is 2.51. The molecule has 0 bridgehead atoms. The van der Waals surface area contributed by atoms with E-state index in [9.17, 15) is 8.78 Å². The molecule has 0 aliphatic heterocycles. The van der Waals surface area contributed by atoms with Gasteiger partial charge in [-0.2, -0.15) is 5.10 Å². The molecule has 0 amide bonds. The highest BCUT2D eigenvalue weighted by atomic mass is 19.3. The van der Waals surface area contributed by atoms with Gasteiger partial charge in [0.2, 0.25) is 6.43 Å². The standard InChI is InChI=1S/C6H9F2N3/c1-5-9-4-10-11(5)3-2-6(7)8/h4,6H,2-3H2,1H3. The minimum Gasteiger partial charge on any atom is -0.250 e. The zero-order valence-electron chi connectivity index (χ0n) is 6.17. The van der Waals surface area contributed by atoms with Gasteiger partial charge in [-0.1, -0.05) is 0 Å². The van der Waals surface area contributed by atoms with E-state index in [0.29, 0.717) is 5.82 Å². The van der Waals surface area contributed by atoms with Gasteiger partial charge in [0.25, 0.3) is 0 Å². The van der Waals surface area contributed by atoms with E-state index >= 15 is 0 Å². The monoisotopic (exact) mass is 161 g/mol. The second-order valence-electron chi connectivity index (χ2n) is 2.21. The molecule has 1 rings (SSSR count). The van der Waals surface area contributed by atoms with Gasteiger partial charge in [0.15, 0.2) is 0 Å². The van der Waals surface area contributed by atoms with E-state index in [4.69, 9.17) is 0 Å². The number of hydrogen-bond donors (Lipinski definition) is 0. The molecule has 0 unspecified atom stereocenters. The van der Waals surface area contributed by atoms with E-state index < -0.39 is 6.43 Å². The molecule has 0 aliphatic rings. The Hall–Kier alpha value is -1.00. The highest BCUT2D eigenvalue weighted by Crippen LogP contribution is 2.01. The van der Waals surface area contributed by atoms with Gasteiger partial charge < -0.3 is 0 Å². The van der Waals surface area contributed by atoms with Crippen molar-refractivity contribution >= 4 is 0 Å². The van der Waals surface area contributed by atoms with E-state index in [2.05, 4.69) is 10.1 Å². The third kappa shape index (κ3) is 2.25. The molecule has 0 atom stereocenters. The lowest BCUT2D eigenvalue weighted by molar-refractivity contribution is 0.129. The third-order valence-electron chi connectivity index (χ3n) is 1.37. The maximum atomic E-state index is 11.7. The molecule has 0 N–H and O–H groups in total. The van der Waals surface area contributed by atoms with Crippen LogP contribution in [0.25, 0.3) is 0 Å². The minimum atomic E-state index is -2.27. The Morgan fingerprint density at radius 1 is 1.64 bits per heavy atom. The van der Waals surface area contributed by atoms with Crippen LogP contribution < -0.4 is 0 Å². The number of nitrogens with zero attached hydrogens (tertiary/aromatic N) is 3. The molecule has 0 saturated heterocycles. The van der Waals surface area contributed by atoms with Crippen LogP contribution in [0.15, 0.2) is 6.33 Å². The van der Waals surface area contributed by atoms with E-state index in [-0.39, 0.29) is 13.0 Å². The number of aromatic nitrogens is 3. The summed E-state index contributed by atoms with van der Waals surface area (Å²) in [5.74, 6) is 0.672. The summed E-state index contributed by atoms with van der Waals surface area (Å²) < 4.78 is 24.9. The summed E-state index contributed by atoms with van der Waals surface area (Å²) in [6.07, 6.45) is -1.07. The normalized spacial score (nSPS) is 10.9. The van der Waals surface area contributed by atoms with Crippen molar-refractivity contribution in [2.45, 2.75) is 26.3 Å². The zero-order chi connectivity index (χ0) is 8.27. The second-order valence-corrected chi connectivity index (χ2v) is 2.21. The molecule has 0 spiro atoms. The third-order valence-corrected chi connectivity index (χ3v) is 1.37. The number of alkyl halides is 2. The van der Waals surface area contributed by atoms with Gasteiger partial charge in [-0.25, -0.2) is 13.8 Å². The van der Waals surface area contributed by atoms with E-state index in [0.717, 1.165) is 0 Å². The van der Waals surface area contributed by atoms with Crippen LogP contribution in [-0.2, 0) is 6.54 Å². The Bertz CT molecular complexity index is 221. The highest BCUT2D eigenvalue weighted by Gasteiger charge is 2.04. The first-order chi connectivity index (χ1) is 5.20. The van der Waals surface area contributed by atoms with Crippen LogP contribution in [0.5, 0.6) is 0 Å². The average molecular weight is 161 g/mol. The average Bonchev–Trinajstić information content (AvgIpc) is 2.31. The Morgan fingerprint density at radius 2 is 2.36 bits per heavy atom. The van der Waals surface area contributed by atoms with Crippen LogP contribution in [0, 0.1) is 6.92 Å². The maximum absolute atomic E-state index is 11.7. The summed E-state index contributed by atoms with van der Waals surface area (Å²) in [5, 5.41) is 3.76. The molecule has 11 heavy (non-hydrogen) atoms.